The third-order valence-electron chi connectivity index (χ3n) is 2.68. The number of thiophene rings is 2. The van der Waals surface area contributed by atoms with Crippen LogP contribution in [0.5, 0.6) is 0 Å². The minimum Gasteiger partial charge on any atom is -0.347 e. The van der Waals surface area contributed by atoms with Crippen molar-refractivity contribution in [3.63, 3.8) is 0 Å². The largest absolute Gasteiger partial charge is 0.347 e. The molecule has 0 unspecified atom stereocenters. The summed E-state index contributed by atoms with van der Waals surface area (Å²) in [5, 5.41) is 8.13. The van der Waals surface area contributed by atoms with Crippen molar-refractivity contribution >= 4 is 38.7 Å². The number of carbonyl (C=O) groups excluding carboxylic acids is 1. The lowest BCUT2D eigenvalue weighted by atomic mass is 10.2. The topological polar surface area (TPSA) is 29.1 Å². The maximum atomic E-state index is 12.0. The molecule has 0 fully saturated rings. The Balaban J connectivity index is 1.75. The van der Waals surface area contributed by atoms with E-state index in [9.17, 15) is 4.79 Å². The fourth-order valence-corrected chi connectivity index (χ4v) is 3.40. The van der Waals surface area contributed by atoms with E-state index in [1.165, 1.54) is 11.3 Å². The molecule has 3 rings (SSSR count). The van der Waals surface area contributed by atoms with Crippen molar-refractivity contribution in [3.05, 3.63) is 57.6 Å². The van der Waals surface area contributed by atoms with Crippen molar-refractivity contribution in [2.24, 2.45) is 0 Å². The molecule has 2 heterocycles. The predicted molar refractivity (Wildman–Crippen MR) is 77.3 cm³/mol. The summed E-state index contributed by atoms with van der Waals surface area (Å²) in [6.45, 7) is 0.594. The van der Waals surface area contributed by atoms with Crippen molar-refractivity contribution in [2.75, 3.05) is 0 Å². The van der Waals surface area contributed by atoms with E-state index in [1.807, 2.05) is 47.2 Å². The summed E-state index contributed by atoms with van der Waals surface area (Å²) in [6, 6.07) is 12.0. The average Bonchev–Trinajstić information content (AvgIpc) is 3.04. The SMILES string of the molecule is O=C(NCc1ccsc1)c1cc2ccccc2s1. The Hall–Kier alpha value is -1.65. The van der Waals surface area contributed by atoms with Crippen LogP contribution in [0.1, 0.15) is 15.2 Å². The smallest absolute Gasteiger partial charge is 0.261 e. The quantitative estimate of drug-likeness (QED) is 0.770. The number of hydrogen-bond donors (Lipinski definition) is 1. The molecule has 0 saturated heterocycles. The molecular weight excluding hydrogens is 262 g/mol. The zero-order valence-electron chi connectivity index (χ0n) is 9.55. The Morgan fingerprint density at radius 2 is 2.11 bits per heavy atom. The average molecular weight is 273 g/mol. The Morgan fingerprint density at radius 1 is 1.22 bits per heavy atom. The van der Waals surface area contributed by atoms with Gasteiger partial charge in [0, 0.05) is 11.2 Å². The molecule has 1 N–H and O–H groups in total. The number of hydrogen-bond acceptors (Lipinski definition) is 3. The summed E-state index contributed by atoms with van der Waals surface area (Å²) in [6.07, 6.45) is 0. The summed E-state index contributed by atoms with van der Waals surface area (Å²) < 4.78 is 1.15. The Bertz CT molecular complexity index is 637. The molecule has 0 aliphatic heterocycles. The van der Waals surface area contributed by atoms with E-state index in [1.54, 1.807) is 11.3 Å². The van der Waals surface area contributed by atoms with Crippen molar-refractivity contribution in [1.82, 2.24) is 5.32 Å². The molecule has 0 saturated carbocycles. The maximum absolute atomic E-state index is 12.0. The van der Waals surface area contributed by atoms with Gasteiger partial charge in [-0.25, -0.2) is 0 Å². The lowest BCUT2D eigenvalue weighted by Crippen LogP contribution is -2.21. The van der Waals surface area contributed by atoms with E-state index in [0.717, 1.165) is 20.5 Å². The van der Waals surface area contributed by atoms with Gasteiger partial charge in [-0.3, -0.25) is 4.79 Å². The number of nitrogens with one attached hydrogen (secondary N) is 1. The van der Waals surface area contributed by atoms with E-state index in [0.29, 0.717) is 6.54 Å². The third kappa shape index (κ3) is 2.30. The van der Waals surface area contributed by atoms with Crippen LogP contribution >= 0.6 is 22.7 Å². The highest BCUT2D eigenvalue weighted by molar-refractivity contribution is 7.20. The van der Waals surface area contributed by atoms with Gasteiger partial charge in [0.25, 0.3) is 5.91 Å². The normalized spacial score (nSPS) is 10.7. The summed E-state index contributed by atoms with van der Waals surface area (Å²) in [5.74, 6) is 0.00222. The van der Waals surface area contributed by atoms with Crippen molar-refractivity contribution < 1.29 is 4.79 Å². The molecule has 18 heavy (non-hydrogen) atoms. The summed E-state index contributed by atoms with van der Waals surface area (Å²) in [4.78, 5) is 12.8. The first-order valence-corrected chi connectivity index (χ1v) is 7.37. The fourth-order valence-electron chi connectivity index (χ4n) is 1.76. The Kier molecular flexibility index (Phi) is 3.13. The highest BCUT2D eigenvalue weighted by atomic mass is 32.1. The third-order valence-corrected chi connectivity index (χ3v) is 4.53. The number of amides is 1. The van der Waals surface area contributed by atoms with Gasteiger partial charge in [-0.1, -0.05) is 18.2 Å². The van der Waals surface area contributed by atoms with Gasteiger partial charge in [0.1, 0.15) is 0 Å². The minimum atomic E-state index is 0.00222. The van der Waals surface area contributed by atoms with Crippen LogP contribution in [-0.4, -0.2) is 5.91 Å². The summed E-state index contributed by atoms with van der Waals surface area (Å²) in [5.41, 5.74) is 1.15. The maximum Gasteiger partial charge on any atom is 0.261 e. The number of benzene rings is 1. The summed E-state index contributed by atoms with van der Waals surface area (Å²) in [7, 11) is 0. The summed E-state index contributed by atoms with van der Waals surface area (Å²) >= 11 is 3.18. The molecule has 90 valence electrons. The van der Waals surface area contributed by atoms with Crippen LogP contribution in [0.4, 0.5) is 0 Å². The molecule has 1 amide bonds. The molecular formula is C14H11NOS2. The second-order valence-corrected chi connectivity index (χ2v) is 5.83. The second kappa shape index (κ2) is 4.92. The Labute approximate surface area is 113 Å². The molecule has 0 aliphatic rings. The van der Waals surface area contributed by atoms with Crippen LogP contribution < -0.4 is 5.32 Å². The van der Waals surface area contributed by atoms with Crippen molar-refractivity contribution in [2.45, 2.75) is 6.54 Å². The van der Waals surface area contributed by atoms with E-state index < -0.39 is 0 Å². The molecule has 0 radical (unpaired) electrons. The molecule has 0 aliphatic carbocycles. The van der Waals surface area contributed by atoms with Gasteiger partial charge >= 0.3 is 0 Å². The monoisotopic (exact) mass is 273 g/mol. The predicted octanol–water partition coefficient (Wildman–Crippen LogP) is 3.89. The van der Waals surface area contributed by atoms with Gasteiger partial charge < -0.3 is 5.32 Å². The lowest BCUT2D eigenvalue weighted by Gasteiger charge is -2.00. The van der Waals surface area contributed by atoms with E-state index >= 15 is 0 Å². The molecule has 0 bridgehead atoms. The van der Waals surface area contributed by atoms with E-state index in [2.05, 4.69) is 5.32 Å². The highest BCUT2D eigenvalue weighted by Gasteiger charge is 2.09. The first-order chi connectivity index (χ1) is 8.83. The van der Waals surface area contributed by atoms with Crippen LogP contribution in [-0.2, 0) is 6.54 Å². The number of fused-ring (bicyclic) bond motifs is 1. The van der Waals surface area contributed by atoms with Gasteiger partial charge in [-0.2, -0.15) is 11.3 Å². The van der Waals surface area contributed by atoms with Crippen LogP contribution in [0.25, 0.3) is 10.1 Å². The minimum absolute atomic E-state index is 0.00222. The molecule has 3 aromatic rings. The van der Waals surface area contributed by atoms with Crippen LogP contribution in [0.15, 0.2) is 47.2 Å². The molecule has 0 atom stereocenters. The van der Waals surface area contributed by atoms with E-state index in [-0.39, 0.29) is 5.91 Å². The molecule has 2 nitrogen and oxygen atoms in total. The second-order valence-electron chi connectivity index (χ2n) is 3.96. The first-order valence-electron chi connectivity index (χ1n) is 5.61. The van der Waals surface area contributed by atoms with Crippen LogP contribution in [0.2, 0.25) is 0 Å². The van der Waals surface area contributed by atoms with Gasteiger partial charge in [0.2, 0.25) is 0 Å². The zero-order valence-corrected chi connectivity index (χ0v) is 11.2. The van der Waals surface area contributed by atoms with Gasteiger partial charge in [-0.15, -0.1) is 11.3 Å². The first kappa shape index (κ1) is 11.4. The van der Waals surface area contributed by atoms with Gasteiger partial charge in [0.05, 0.1) is 4.88 Å². The van der Waals surface area contributed by atoms with Crippen molar-refractivity contribution in [3.8, 4) is 0 Å². The molecule has 0 spiro atoms. The fraction of sp³-hybridized carbons (Fsp3) is 0.0714. The molecule has 2 aromatic heterocycles. The molecule has 1 aromatic carbocycles. The highest BCUT2D eigenvalue weighted by Crippen LogP contribution is 2.25. The number of carbonyl (C=O) groups is 1. The molecule has 4 heteroatoms. The van der Waals surface area contributed by atoms with E-state index in [4.69, 9.17) is 0 Å². The Morgan fingerprint density at radius 3 is 2.89 bits per heavy atom. The van der Waals surface area contributed by atoms with Gasteiger partial charge in [-0.05, 0) is 39.9 Å². The van der Waals surface area contributed by atoms with Crippen LogP contribution in [0, 0.1) is 0 Å². The van der Waals surface area contributed by atoms with Gasteiger partial charge in [0.15, 0.2) is 0 Å². The zero-order chi connectivity index (χ0) is 12.4. The van der Waals surface area contributed by atoms with Crippen molar-refractivity contribution in [1.29, 1.82) is 0 Å². The standard InChI is InChI=1S/C14H11NOS2/c16-14(15-8-10-5-6-17-9-10)13-7-11-3-1-2-4-12(11)18-13/h1-7,9H,8H2,(H,15,16). The number of rotatable bonds is 3. The lowest BCUT2D eigenvalue weighted by molar-refractivity contribution is 0.0955. The van der Waals surface area contributed by atoms with Crippen LogP contribution in [0.3, 0.4) is 0 Å².